The number of nitrogens with one attached hydrogen (secondary N) is 3. The standard InChI is InChI=1S/C37H41Cl3N8O8/c1-4-37(5-2,43-35(49)31-23(3)34(24-6-8-25(38)9-7-24)47(44-31)29-12-10-26(39)22-27(29)40)36(50)42-15-17-54-19-21-55-20-18-53-16-14-41-28-11-13-30(48(51)52)33-32(28)45-56-46-33/h6-13,22,41H,4-5,14-21H2,1-3H3,(H,42,50)(H,43,49). The molecule has 2 amide bonds. The fourth-order valence-electron chi connectivity index (χ4n) is 5.92. The summed E-state index contributed by atoms with van der Waals surface area (Å²) in [6, 6.07) is 15.0. The number of nitro groups is 1. The van der Waals surface area contributed by atoms with Crippen molar-refractivity contribution >= 4 is 69.0 Å². The van der Waals surface area contributed by atoms with Crippen LogP contribution in [0.15, 0.2) is 59.2 Å². The summed E-state index contributed by atoms with van der Waals surface area (Å²) in [5.74, 6) is -0.849. The number of fused-ring (bicyclic) bond motifs is 1. The Balaban J connectivity index is 1.05. The van der Waals surface area contributed by atoms with Crippen molar-refractivity contribution in [3.63, 3.8) is 0 Å². The molecule has 0 saturated carbocycles. The molecule has 0 bridgehead atoms. The minimum absolute atomic E-state index is 0.0703. The lowest BCUT2D eigenvalue weighted by Gasteiger charge is -2.31. The molecule has 0 aliphatic carbocycles. The molecule has 0 radical (unpaired) electrons. The molecule has 0 aliphatic heterocycles. The van der Waals surface area contributed by atoms with Gasteiger partial charge >= 0.3 is 5.69 Å². The Bertz CT molecular complexity index is 2140. The third-order valence-electron chi connectivity index (χ3n) is 9.02. The number of hydrogen-bond acceptors (Lipinski definition) is 12. The van der Waals surface area contributed by atoms with Gasteiger partial charge < -0.3 is 30.2 Å². The summed E-state index contributed by atoms with van der Waals surface area (Å²) in [5.41, 5.74) is 2.14. The monoisotopic (exact) mass is 830 g/mol. The van der Waals surface area contributed by atoms with E-state index in [1.165, 1.54) is 6.07 Å². The number of amides is 2. The first-order chi connectivity index (χ1) is 27.0. The van der Waals surface area contributed by atoms with E-state index in [-0.39, 0.29) is 41.5 Å². The maximum absolute atomic E-state index is 13.9. The highest BCUT2D eigenvalue weighted by Gasteiger charge is 2.38. The first-order valence-corrected chi connectivity index (χ1v) is 18.9. The zero-order valence-corrected chi connectivity index (χ0v) is 33.2. The second-order valence-electron chi connectivity index (χ2n) is 12.5. The van der Waals surface area contributed by atoms with Crippen molar-refractivity contribution in [1.82, 2.24) is 30.7 Å². The lowest BCUT2D eigenvalue weighted by molar-refractivity contribution is -0.383. The van der Waals surface area contributed by atoms with Gasteiger partial charge in [0.05, 0.1) is 66.7 Å². The topological polar surface area (TPSA) is 198 Å². The van der Waals surface area contributed by atoms with Crippen molar-refractivity contribution in [2.75, 3.05) is 58.0 Å². The largest absolute Gasteiger partial charge is 0.381 e. The predicted molar refractivity (Wildman–Crippen MR) is 212 cm³/mol. The van der Waals surface area contributed by atoms with Gasteiger partial charge in [-0.3, -0.25) is 19.7 Å². The van der Waals surface area contributed by atoms with Crippen molar-refractivity contribution in [3.05, 3.63) is 91.0 Å². The highest BCUT2D eigenvalue weighted by Crippen LogP contribution is 2.34. The van der Waals surface area contributed by atoms with Crippen molar-refractivity contribution in [2.45, 2.75) is 39.2 Å². The van der Waals surface area contributed by atoms with Crippen molar-refractivity contribution in [2.24, 2.45) is 0 Å². The lowest BCUT2D eigenvalue weighted by atomic mass is 9.91. The van der Waals surface area contributed by atoms with E-state index in [2.05, 4.69) is 36.0 Å². The van der Waals surface area contributed by atoms with Crippen molar-refractivity contribution < 1.29 is 33.4 Å². The van der Waals surface area contributed by atoms with Crippen LogP contribution in [0.25, 0.3) is 28.0 Å². The van der Waals surface area contributed by atoms with Gasteiger partial charge in [0, 0.05) is 40.3 Å². The number of ether oxygens (including phenoxy) is 3. The lowest BCUT2D eigenvalue weighted by Crippen LogP contribution is -2.58. The second kappa shape index (κ2) is 19.8. The molecule has 19 heteroatoms. The highest BCUT2D eigenvalue weighted by atomic mass is 35.5. The minimum atomic E-state index is -1.20. The Kier molecular flexibility index (Phi) is 15.0. The van der Waals surface area contributed by atoms with Crippen LogP contribution in [-0.2, 0) is 19.0 Å². The summed E-state index contributed by atoms with van der Waals surface area (Å²) >= 11 is 18.9. The highest BCUT2D eigenvalue weighted by molar-refractivity contribution is 6.35. The number of aromatic nitrogens is 4. The number of benzene rings is 3. The molecule has 5 aromatic rings. The normalized spacial score (nSPS) is 11.5. The van der Waals surface area contributed by atoms with E-state index in [0.29, 0.717) is 90.1 Å². The molecule has 0 atom stereocenters. The van der Waals surface area contributed by atoms with Gasteiger partial charge in [-0.2, -0.15) is 5.10 Å². The second-order valence-corrected chi connectivity index (χ2v) is 13.7. The molecule has 0 spiro atoms. The van der Waals surface area contributed by atoms with E-state index in [0.717, 1.165) is 5.56 Å². The molecule has 2 heterocycles. The van der Waals surface area contributed by atoms with Crippen LogP contribution < -0.4 is 16.0 Å². The number of rotatable bonds is 21. The van der Waals surface area contributed by atoms with Gasteiger partial charge in [-0.05, 0) is 66.5 Å². The zero-order chi connectivity index (χ0) is 40.2. The third-order valence-corrected chi connectivity index (χ3v) is 9.81. The molecule has 0 saturated heterocycles. The van der Waals surface area contributed by atoms with Crippen molar-refractivity contribution in [3.8, 4) is 16.9 Å². The van der Waals surface area contributed by atoms with Gasteiger partial charge in [0.2, 0.25) is 11.4 Å². The molecule has 0 fully saturated rings. The third kappa shape index (κ3) is 10.1. The molecule has 56 heavy (non-hydrogen) atoms. The minimum Gasteiger partial charge on any atom is -0.381 e. The summed E-state index contributed by atoms with van der Waals surface area (Å²) in [6.07, 6.45) is 0.668. The Morgan fingerprint density at radius 3 is 2.12 bits per heavy atom. The summed E-state index contributed by atoms with van der Waals surface area (Å²) < 4.78 is 23.0. The molecular weight excluding hydrogens is 791 g/mol. The van der Waals surface area contributed by atoms with Crippen LogP contribution in [0.2, 0.25) is 15.1 Å². The van der Waals surface area contributed by atoms with Crippen LogP contribution >= 0.6 is 34.8 Å². The molecule has 298 valence electrons. The summed E-state index contributed by atoms with van der Waals surface area (Å²) in [6.45, 7) is 8.01. The molecule has 0 unspecified atom stereocenters. The molecule has 16 nitrogen and oxygen atoms in total. The van der Waals surface area contributed by atoms with Crippen LogP contribution in [0, 0.1) is 17.0 Å². The number of hydrogen-bond donors (Lipinski definition) is 3. The molecular formula is C37H41Cl3N8O8. The first kappa shape index (κ1) is 42.3. The fraction of sp³-hybridized carbons (Fsp3) is 0.378. The summed E-state index contributed by atoms with van der Waals surface area (Å²) in [7, 11) is 0. The van der Waals surface area contributed by atoms with E-state index in [4.69, 9.17) is 49.0 Å². The van der Waals surface area contributed by atoms with E-state index in [9.17, 15) is 19.7 Å². The number of non-ortho nitro benzene ring substituents is 1. The average molecular weight is 832 g/mol. The molecule has 0 aliphatic rings. The van der Waals surface area contributed by atoms with Crippen LogP contribution in [0.3, 0.4) is 0 Å². The maximum Gasteiger partial charge on any atom is 0.300 e. The average Bonchev–Trinajstić information content (AvgIpc) is 3.81. The predicted octanol–water partition coefficient (Wildman–Crippen LogP) is 6.82. The van der Waals surface area contributed by atoms with Gasteiger partial charge in [0.25, 0.3) is 5.91 Å². The number of carbonyl (C=O) groups excluding carboxylic acids is 2. The summed E-state index contributed by atoms with van der Waals surface area (Å²) in [5, 5.41) is 33.5. The van der Waals surface area contributed by atoms with Crippen molar-refractivity contribution in [1.29, 1.82) is 0 Å². The van der Waals surface area contributed by atoms with E-state index >= 15 is 0 Å². The van der Waals surface area contributed by atoms with Crippen LogP contribution in [0.1, 0.15) is 42.7 Å². The van der Waals surface area contributed by atoms with Gasteiger partial charge in [-0.15, -0.1) is 0 Å². The number of nitrogens with zero attached hydrogens (tertiary/aromatic N) is 5. The van der Waals surface area contributed by atoms with Gasteiger partial charge in [0.1, 0.15) is 5.54 Å². The maximum atomic E-state index is 13.9. The fourth-order valence-corrected chi connectivity index (χ4v) is 6.53. The Hall–Kier alpha value is -4.84. The van der Waals surface area contributed by atoms with Crippen LogP contribution in [0.5, 0.6) is 0 Å². The molecule has 3 aromatic carbocycles. The number of anilines is 1. The van der Waals surface area contributed by atoms with Gasteiger partial charge in [-0.1, -0.05) is 60.8 Å². The first-order valence-electron chi connectivity index (χ1n) is 17.8. The molecule has 5 rings (SSSR count). The molecule has 3 N–H and O–H groups in total. The smallest absolute Gasteiger partial charge is 0.300 e. The Labute approximate surface area is 337 Å². The zero-order valence-electron chi connectivity index (χ0n) is 30.9. The van der Waals surface area contributed by atoms with Gasteiger partial charge in [-0.25, -0.2) is 9.31 Å². The van der Waals surface area contributed by atoms with Crippen LogP contribution in [-0.4, -0.2) is 95.1 Å². The quantitative estimate of drug-likeness (QED) is 0.0397. The molecule has 2 aromatic heterocycles. The van der Waals surface area contributed by atoms with Gasteiger partial charge in [0.15, 0.2) is 11.2 Å². The number of carbonyl (C=O) groups is 2. The van der Waals surface area contributed by atoms with E-state index in [1.54, 1.807) is 48.0 Å². The Morgan fingerprint density at radius 1 is 0.857 bits per heavy atom. The van der Waals surface area contributed by atoms with E-state index in [1.807, 2.05) is 26.0 Å². The number of nitro benzene ring substituents is 1. The Morgan fingerprint density at radius 2 is 1.48 bits per heavy atom. The van der Waals surface area contributed by atoms with Crippen LogP contribution in [0.4, 0.5) is 11.4 Å². The number of halogens is 3. The summed E-state index contributed by atoms with van der Waals surface area (Å²) in [4.78, 5) is 38.0. The SMILES string of the molecule is CCC(CC)(NC(=O)c1nn(-c2ccc(Cl)cc2Cl)c(-c2ccc(Cl)cc2)c1C)C(=O)NCCOCCOCCOCCNc1ccc([N+](=O)[O-])c2nonc12. The van der Waals surface area contributed by atoms with E-state index < -0.39 is 16.4 Å².